The number of carbonyl (C=O) groups is 2. The smallest absolute Gasteiger partial charge is 0.263 e. The highest BCUT2D eigenvalue weighted by atomic mass is 19.3. The van der Waals surface area contributed by atoms with Crippen molar-refractivity contribution in [2.75, 3.05) is 13.2 Å². The first-order valence-corrected chi connectivity index (χ1v) is 12.4. The number of aromatic nitrogens is 3. The van der Waals surface area contributed by atoms with Gasteiger partial charge < -0.3 is 25.5 Å². The highest BCUT2D eigenvalue weighted by Crippen LogP contribution is 2.38. The Hall–Kier alpha value is -3.60. The second kappa shape index (κ2) is 10.4. The number of H-pyrrole nitrogens is 1. The topological polar surface area (TPSA) is 129 Å². The maximum atomic E-state index is 13.5. The van der Waals surface area contributed by atoms with Crippen LogP contribution in [0.15, 0.2) is 24.5 Å². The van der Waals surface area contributed by atoms with Crippen LogP contribution in [0.4, 0.5) is 8.78 Å². The van der Waals surface area contributed by atoms with Crippen LogP contribution >= 0.6 is 0 Å². The molecule has 11 heteroatoms. The number of carbonyl (C=O) groups excluding carboxylic acids is 2. The van der Waals surface area contributed by atoms with Gasteiger partial charge in [0.2, 0.25) is 5.91 Å². The van der Waals surface area contributed by atoms with Gasteiger partial charge >= 0.3 is 0 Å². The van der Waals surface area contributed by atoms with E-state index in [4.69, 9.17) is 9.84 Å². The minimum Gasteiger partial charge on any atom is -0.493 e. The van der Waals surface area contributed by atoms with Crippen molar-refractivity contribution in [1.29, 1.82) is 0 Å². The lowest BCUT2D eigenvalue weighted by Gasteiger charge is -2.14. The molecule has 3 aromatic rings. The normalized spacial score (nSPS) is 19.4. The lowest BCUT2D eigenvalue weighted by molar-refractivity contribution is -0.124. The number of amides is 2. The number of nitrogens with one attached hydrogen (secondary N) is 3. The molecule has 2 fully saturated rings. The molecule has 2 atom stereocenters. The lowest BCUT2D eigenvalue weighted by Crippen LogP contribution is -2.38. The molecule has 9 nitrogen and oxygen atoms in total. The third-order valence-corrected chi connectivity index (χ3v) is 6.96. The van der Waals surface area contributed by atoms with Crippen LogP contribution in [0.5, 0.6) is 5.75 Å². The largest absolute Gasteiger partial charge is 0.493 e. The second-order valence-electron chi connectivity index (χ2n) is 9.79. The van der Waals surface area contributed by atoms with Crippen molar-refractivity contribution in [1.82, 2.24) is 25.6 Å². The van der Waals surface area contributed by atoms with Crippen molar-refractivity contribution in [2.45, 2.75) is 57.5 Å². The first kappa shape index (κ1) is 25.1. The van der Waals surface area contributed by atoms with Gasteiger partial charge in [0, 0.05) is 28.9 Å². The Morgan fingerprint density at radius 3 is 2.62 bits per heavy atom. The monoisotopic (exact) mass is 513 g/mol. The molecule has 0 spiro atoms. The summed E-state index contributed by atoms with van der Waals surface area (Å²) in [5.74, 6) is 0.170. The molecule has 196 valence electrons. The zero-order chi connectivity index (χ0) is 26.1. The Labute approximate surface area is 212 Å². The number of nitrogens with zero attached hydrogens (tertiary/aromatic N) is 2. The maximum absolute atomic E-state index is 13.5. The molecule has 37 heavy (non-hydrogen) atoms. The van der Waals surface area contributed by atoms with Gasteiger partial charge in [-0.3, -0.25) is 9.59 Å². The molecule has 0 unspecified atom stereocenters. The van der Waals surface area contributed by atoms with E-state index in [9.17, 15) is 18.4 Å². The number of benzene rings is 1. The maximum Gasteiger partial charge on any atom is 0.263 e. The fraction of sp³-hybridized carbons (Fsp3) is 0.462. The molecule has 2 aliphatic rings. The number of hydrogen-bond donors (Lipinski definition) is 4. The lowest BCUT2D eigenvalue weighted by atomic mass is 10.0. The van der Waals surface area contributed by atoms with Gasteiger partial charge in [0.25, 0.3) is 12.3 Å². The summed E-state index contributed by atoms with van der Waals surface area (Å²) < 4.78 is 33.1. The quantitative estimate of drug-likeness (QED) is 0.347. The van der Waals surface area contributed by atoms with Gasteiger partial charge in [-0.1, -0.05) is 0 Å². The van der Waals surface area contributed by atoms with Gasteiger partial charge in [-0.15, -0.1) is 0 Å². The molecule has 2 aliphatic carbocycles. The second-order valence-corrected chi connectivity index (χ2v) is 9.79. The molecule has 2 heterocycles. The van der Waals surface area contributed by atoms with E-state index >= 15 is 0 Å². The highest BCUT2D eigenvalue weighted by Gasteiger charge is 2.29. The standard InChI is InChI=1S/C26H29F2N5O4/c1-13-21(26(36)33-17-6-5-16(9-17)32-20(35)10-34)23-24(31-13)22(29-12-30-23)18-8-15(25(27)28)4-7-19(18)37-11-14-2-3-14/h4,7-8,12,14,16-17,25,31,34H,2-3,5-6,9-11H2,1H3,(H,32,35)(H,33,36)/t16-,17+/m1/s1. The zero-order valence-corrected chi connectivity index (χ0v) is 20.4. The van der Waals surface area contributed by atoms with Gasteiger partial charge in [0.1, 0.15) is 29.9 Å². The Morgan fingerprint density at radius 1 is 1.16 bits per heavy atom. The van der Waals surface area contributed by atoms with Gasteiger partial charge in [-0.2, -0.15) is 0 Å². The van der Waals surface area contributed by atoms with Gasteiger partial charge in [0.05, 0.1) is 17.7 Å². The molecule has 0 radical (unpaired) electrons. The highest BCUT2D eigenvalue weighted by molar-refractivity contribution is 6.09. The van der Waals surface area contributed by atoms with Crippen LogP contribution in [0, 0.1) is 12.8 Å². The van der Waals surface area contributed by atoms with Crippen LogP contribution in [0.25, 0.3) is 22.3 Å². The molecule has 2 amide bonds. The van der Waals surface area contributed by atoms with E-state index < -0.39 is 18.9 Å². The molecule has 2 aromatic heterocycles. The summed E-state index contributed by atoms with van der Waals surface area (Å²) in [5.41, 5.74) is 2.43. The van der Waals surface area contributed by atoms with Crippen LogP contribution in [0.1, 0.15) is 60.1 Å². The summed E-state index contributed by atoms with van der Waals surface area (Å²) in [7, 11) is 0. The Kier molecular flexibility index (Phi) is 7.05. The predicted octanol–water partition coefficient (Wildman–Crippen LogP) is 3.42. The van der Waals surface area contributed by atoms with E-state index in [0.29, 0.717) is 71.1 Å². The molecular formula is C26H29F2N5O4. The zero-order valence-electron chi connectivity index (χ0n) is 20.4. The number of aryl methyl sites for hydroxylation is 1. The Bertz CT molecular complexity index is 1320. The van der Waals surface area contributed by atoms with Crippen molar-refractivity contribution in [3.8, 4) is 17.0 Å². The fourth-order valence-electron chi connectivity index (χ4n) is 4.86. The van der Waals surface area contributed by atoms with E-state index in [0.717, 1.165) is 12.8 Å². The average Bonchev–Trinajstić information content (AvgIpc) is 3.51. The third kappa shape index (κ3) is 5.41. The molecule has 1 aromatic carbocycles. The van der Waals surface area contributed by atoms with Gasteiger partial charge in [-0.05, 0) is 63.1 Å². The van der Waals surface area contributed by atoms with Gasteiger partial charge in [-0.25, -0.2) is 18.7 Å². The number of rotatable bonds is 9. The Morgan fingerprint density at radius 2 is 1.92 bits per heavy atom. The summed E-state index contributed by atoms with van der Waals surface area (Å²) >= 11 is 0. The number of alkyl halides is 2. The number of halogens is 2. The molecule has 5 rings (SSSR count). The van der Waals surface area contributed by atoms with Crippen molar-refractivity contribution in [3.63, 3.8) is 0 Å². The van der Waals surface area contributed by atoms with Crippen molar-refractivity contribution < 1.29 is 28.2 Å². The SMILES string of the molecule is Cc1[nH]c2c(-c3cc(C(F)F)ccc3OCC3CC3)ncnc2c1C(=O)N[C@H]1CC[C@@H](NC(=O)CO)C1. The summed E-state index contributed by atoms with van der Waals surface area (Å²) in [5, 5.41) is 14.7. The van der Waals surface area contributed by atoms with E-state index in [1.54, 1.807) is 13.0 Å². The number of aliphatic hydroxyl groups excluding tert-OH is 1. The van der Waals surface area contributed by atoms with E-state index in [-0.39, 0.29) is 23.6 Å². The molecule has 0 aliphatic heterocycles. The van der Waals surface area contributed by atoms with E-state index in [1.165, 1.54) is 18.5 Å². The third-order valence-electron chi connectivity index (χ3n) is 6.96. The van der Waals surface area contributed by atoms with Crippen LogP contribution < -0.4 is 15.4 Å². The minimum atomic E-state index is -2.65. The predicted molar refractivity (Wildman–Crippen MR) is 131 cm³/mol. The first-order chi connectivity index (χ1) is 17.8. The molecular weight excluding hydrogens is 484 g/mol. The average molecular weight is 514 g/mol. The van der Waals surface area contributed by atoms with Crippen LogP contribution in [0.3, 0.4) is 0 Å². The summed E-state index contributed by atoms with van der Waals surface area (Å²) in [6.07, 6.45) is 2.78. The number of ether oxygens (including phenoxy) is 1. The number of aliphatic hydroxyl groups is 1. The molecule has 0 saturated heterocycles. The molecule has 2 saturated carbocycles. The van der Waals surface area contributed by atoms with Crippen molar-refractivity contribution in [2.24, 2.45) is 5.92 Å². The van der Waals surface area contributed by atoms with Crippen LogP contribution in [-0.4, -0.2) is 57.2 Å². The first-order valence-electron chi connectivity index (χ1n) is 12.4. The van der Waals surface area contributed by atoms with Crippen LogP contribution in [-0.2, 0) is 4.79 Å². The minimum absolute atomic E-state index is 0.112. The van der Waals surface area contributed by atoms with Gasteiger partial charge in [0.15, 0.2) is 0 Å². The number of fused-ring (bicyclic) bond motifs is 1. The summed E-state index contributed by atoms with van der Waals surface area (Å²) in [6, 6.07) is 4.02. The molecule has 0 bridgehead atoms. The Balaban J connectivity index is 1.44. The summed E-state index contributed by atoms with van der Waals surface area (Å²) in [6.45, 7) is 1.69. The van der Waals surface area contributed by atoms with E-state index in [2.05, 4.69) is 25.6 Å². The fourth-order valence-corrected chi connectivity index (χ4v) is 4.86. The van der Waals surface area contributed by atoms with E-state index in [1.807, 2.05) is 0 Å². The van der Waals surface area contributed by atoms with Crippen LogP contribution in [0.2, 0.25) is 0 Å². The molecule has 4 N–H and O–H groups in total. The summed E-state index contributed by atoms with van der Waals surface area (Å²) in [4.78, 5) is 36.7. The number of aromatic amines is 1. The van der Waals surface area contributed by atoms with Crippen molar-refractivity contribution in [3.05, 3.63) is 41.3 Å². The number of hydrogen-bond acceptors (Lipinski definition) is 6. The van der Waals surface area contributed by atoms with Crippen molar-refractivity contribution >= 4 is 22.8 Å².